The standard InChI is InChI=1S/C13H26O3/c1-10(2)13(16-8-6-12(14)15)7-4-5-11(3)9-13/h10-12,14-15H,4-9H2,1-3H3. The lowest BCUT2D eigenvalue weighted by atomic mass is 9.73. The minimum atomic E-state index is -1.25. The molecule has 0 spiro atoms. The van der Waals surface area contributed by atoms with Gasteiger partial charge in [-0.1, -0.05) is 33.6 Å². The third-order valence-electron chi connectivity index (χ3n) is 3.81. The molecule has 1 saturated carbocycles. The first-order valence-electron chi connectivity index (χ1n) is 6.46. The molecular weight excluding hydrogens is 204 g/mol. The van der Waals surface area contributed by atoms with E-state index in [4.69, 9.17) is 14.9 Å². The molecule has 1 aliphatic rings. The van der Waals surface area contributed by atoms with Gasteiger partial charge in [0.1, 0.15) is 0 Å². The third-order valence-corrected chi connectivity index (χ3v) is 3.81. The van der Waals surface area contributed by atoms with Crippen LogP contribution in [-0.4, -0.2) is 28.7 Å². The highest BCUT2D eigenvalue weighted by atomic mass is 16.5. The van der Waals surface area contributed by atoms with Gasteiger partial charge in [0.15, 0.2) is 6.29 Å². The average molecular weight is 230 g/mol. The fourth-order valence-corrected chi connectivity index (χ4v) is 2.73. The summed E-state index contributed by atoms with van der Waals surface area (Å²) in [5.41, 5.74) is -0.0352. The van der Waals surface area contributed by atoms with Gasteiger partial charge in [0, 0.05) is 6.42 Å². The maximum Gasteiger partial charge on any atom is 0.153 e. The summed E-state index contributed by atoms with van der Waals surface area (Å²) in [5.74, 6) is 1.21. The topological polar surface area (TPSA) is 49.7 Å². The molecule has 16 heavy (non-hydrogen) atoms. The zero-order valence-corrected chi connectivity index (χ0v) is 10.8. The van der Waals surface area contributed by atoms with Crippen molar-refractivity contribution < 1.29 is 14.9 Å². The van der Waals surface area contributed by atoms with Crippen LogP contribution in [0, 0.1) is 11.8 Å². The zero-order chi connectivity index (χ0) is 12.2. The first-order chi connectivity index (χ1) is 7.46. The summed E-state index contributed by atoms with van der Waals surface area (Å²) in [4.78, 5) is 0. The van der Waals surface area contributed by atoms with Crippen molar-refractivity contribution in [2.24, 2.45) is 11.8 Å². The Labute approximate surface area is 98.8 Å². The van der Waals surface area contributed by atoms with Gasteiger partial charge in [-0.3, -0.25) is 0 Å². The molecule has 0 aromatic rings. The van der Waals surface area contributed by atoms with Crippen LogP contribution < -0.4 is 0 Å². The number of ether oxygens (including phenoxy) is 1. The number of rotatable bonds is 5. The van der Waals surface area contributed by atoms with Crippen molar-refractivity contribution in [3.8, 4) is 0 Å². The van der Waals surface area contributed by atoms with E-state index in [0.717, 1.165) is 18.8 Å². The van der Waals surface area contributed by atoms with Crippen LogP contribution >= 0.6 is 0 Å². The van der Waals surface area contributed by atoms with Gasteiger partial charge < -0.3 is 14.9 Å². The van der Waals surface area contributed by atoms with Crippen LogP contribution in [0.3, 0.4) is 0 Å². The van der Waals surface area contributed by atoms with Gasteiger partial charge in [-0.05, 0) is 24.7 Å². The van der Waals surface area contributed by atoms with Crippen LogP contribution in [0.2, 0.25) is 0 Å². The Hall–Kier alpha value is -0.120. The summed E-state index contributed by atoms with van der Waals surface area (Å²) >= 11 is 0. The Balaban J connectivity index is 2.51. The highest BCUT2D eigenvalue weighted by molar-refractivity contribution is 4.89. The van der Waals surface area contributed by atoms with E-state index >= 15 is 0 Å². The Bertz CT molecular complexity index is 203. The Morgan fingerprint density at radius 3 is 2.56 bits per heavy atom. The van der Waals surface area contributed by atoms with Crippen LogP contribution in [0.5, 0.6) is 0 Å². The van der Waals surface area contributed by atoms with Crippen LogP contribution in [0.1, 0.15) is 52.9 Å². The second-order valence-electron chi connectivity index (χ2n) is 5.54. The van der Waals surface area contributed by atoms with Crippen molar-refractivity contribution in [3.05, 3.63) is 0 Å². The lowest BCUT2D eigenvalue weighted by Crippen LogP contribution is -2.43. The van der Waals surface area contributed by atoms with Crippen molar-refractivity contribution in [1.29, 1.82) is 0 Å². The van der Waals surface area contributed by atoms with Crippen molar-refractivity contribution >= 4 is 0 Å². The number of hydrogen-bond donors (Lipinski definition) is 2. The highest BCUT2D eigenvalue weighted by Crippen LogP contribution is 2.40. The van der Waals surface area contributed by atoms with E-state index in [9.17, 15) is 0 Å². The first-order valence-corrected chi connectivity index (χ1v) is 6.46. The molecule has 0 radical (unpaired) electrons. The second-order valence-corrected chi connectivity index (χ2v) is 5.54. The maximum atomic E-state index is 8.83. The van der Waals surface area contributed by atoms with E-state index in [1.165, 1.54) is 12.8 Å². The smallest absolute Gasteiger partial charge is 0.153 e. The molecule has 96 valence electrons. The maximum absolute atomic E-state index is 8.83. The van der Waals surface area contributed by atoms with Crippen LogP contribution in [0.4, 0.5) is 0 Å². The molecule has 0 heterocycles. The molecule has 2 N–H and O–H groups in total. The largest absolute Gasteiger partial charge is 0.375 e. The summed E-state index contributed by atoms with van der Waals surface area (Å²) in [6.45, 7) is 7.13. The van der Waals surface area contributed by atoms with Gasteiger partial charge in [0.05, 0.1) is 12.2 Å². The normalized spacial score (nSPS) is 31.3. The minimum Gasteiger partial charge on any atom is -0.375 e. The molecular formula is C13H26O3. The summed E-state index contributed by atoms with van der Waals surface area (Å²) in [7, 11) is 0. The van der Waals surface area contributed by atoms with Crippen LogP contribution in [0.25, 0.3) is 0 Å². The summed E-state index contributed by atoms with van der Waals surface area (Å²) in [5, 5.41) is 17.7. The predicted octanol–water partition coefficient (Wildman–Crippen LogP) is 2.31. The minimum absolute atomic E-state index is 0.0352. The molecule has 3 heteroatoms. The molecule has 2 unspecified atom stereocenters. The summed E-state index contributed by atoms with van der Waals surface area (Å²) in [6.07, 6.45) is 3.79. The molecule has 0 saturated heterocycles. The fourth-order valence-electron chi connectivity index (χ4n) is 2.73. The van der Waals surface area contributed by atoms with E-state index < -0.39 is 6.29 Å². The van der Waals surface area contributed by atoms with Gasteiger partial charge in [0.25, 0.3) is 0 Å². The van der Waals surface area contributed by atoms with Crippen molar-refractivity contribution in [1.82, 2.24) is 0 Å². The van der Waals surface area contributed by atoms with Crippen LogP contribution in [0.15, 0.2) is 0 Å². The quantitative estimate of drug-likeness (QED) is 0.713. The number of aliphatic hydroxyl groups excluding tert-OH is 1. The molecule has 0 amide bonds. The zero-order valence-electron chi connectivity index (χ0n) is 10.8. The van der Waals surface area contributed by atoms with E-state index in [1.807, 2.05) is 0 Å². The van der Waals surface area contributed by atoms with Gasteiger partial charge in [0.2, 0.25) is 0 Å². The molecule has 0 aliphatic heterocycles. The van der Waals surface area contributed by atoms with Crippen molar-refractivity contribution in [2.45, 2.75) is 64.8 Å². The van der Waals surface area contributed by atoms with Crippen molar-refractivity contribution in [2.75, 3.05) is 6.61 Å². The fraction of sp³-hybridized carbons (Fsp3) is 1.00. The van der Waals surface area contributed by atoms with E-state index in [2.05, 4.69) is 20.8 Å². The number of aliphatic hydroxyl groups is 2. The Morgan fingerprint density at radius 1 is 1.38 bits per heavy atom. The second kappa shape index (κ2) is 5.99. The van der Waals surface area contributed by atoms with Gasteiger partial charge in [-0.2, -0.15) is 0 Å². The summed E-state index contributed by atoms with van der Waals surface area (Å²) < 4.78 is 5.99. The van der Waals surface area contributed by atoms with Gasteiger partial charge in [-0.25, -0.2) is 0 Å². The van der Waals surface area contributed by atoms with Crippen molar-refractivity contribution in [3.63, 3.8) is 0 Å². The SMILES string of the molecule is CC1CCCC(OCCC(O)O)(C(C)C)C1. The molecule has 2 atom stereocenters. The molecule has 1 rings (SSSR count). The van der Waals surface area contributed by atoms with E-state index in [1.54, 1.807) is 0 Å². The van der Waals surface area contributed by atoms with E-state index in [-0.39, 0.29) is 5.60 Å². The molecule has 1 fully saturated rings. The molecule has 1 aliphatic carbocycles. The Morgan fingerprint density at radius 2 is 2.06 bits per heavy atom. The molecule has 0 bridgehead atoms. The summed E-state index contributed by atoms with van der Waals surface area (Å²) in [6, 6.07) is 0. The average Bonchev–Trinajstić information content (AvgIpc) is 2.16. The number of hydrogen-bond acceptors (Lipinski definition) is 3. The Kier molecular flexibility index (Phi) is 5.22. The van der Waals surface area contributed by atoms with Gasteiger partial charge in [-0.15, -0.1) is 0 Å². The lowest BCUT2D eigenvalue weighted by molar-refractivity contribution is -0.133. The predicted molar refractivity (Wildman–Crippen MR) is 64.0 cm³/mol. The first kappa shape index (κ1) is 13.9. The molecule has 0 aromatic heterocycles. The monoisotopic (exact) mass is 230 g/mol. The van der Waals surface area contributed by atoms with Crippen LogP contribution in [-0.2, 0) is 4.74 Å². The third kappa shape index (κ3) is 3.72. The van der Waals surface area contributed by atoms with E-state index in [0.29, 0.717) is 18.9 Å². The lowest BCUT2D eigenvalue weighted by Gasteiger charge is -2.43. The van der Waals surface area contributed by atoms with Gasteiger partial charge >= 0.3 is 0 Å². The molecule has 3 nitrogen and oxygen atoms in total. The highest BCUT2D eigenvalue weighted by Gasteiger charge is 2.38. The molecule has 0 aromatic carbocycles.